The Bertz CT molecular complexity index is 131. The molecule has 1 nitrogen and oxygen atoms in total. The summed E-state index contributed by atoms with van der Waals surface area (Å²) in [6, 6.07) is 0.628. The molecule has 0 heterocycles. The molecule has 1 N–H and O–H groups in total. The normalized spacial score (nSPS) is 15.6. The fourth-order valence-corrected chi connectivity index (χ4v) is 2.11. The first kappa shape index (κ1) is 15.0. The van der Waals surface area contributed by atoms with Gasteiger partial charge in [-0.1, -0.05) is 60.3 Å². The van der Waals surface area contributed by atoms with Gasteiger partial charge in [-0.25, -0.2) is 0 Å². The molecule has 0 aliphatic carbocycles. The molecule has 0 aliphatic rings. The third-order valence-corrected chi connectivity index (χ3v) is 3.27. The van der Waals surface area contributed by atoms with Crippen LogP contribution in [0.2, 0.25) is 0 Å². The summed E-state index contributed by atoms with van der Waals surface area (Å²) in [4.78, 5) is 0. The van der Waals surface area contributed by atoms with Crippen LogP contribution in [0, 0.1) is 11.8 Å². The quantitative estimate of drug-likeness (QED) is 0.604. The molecule has 0 aromatic heterocycles. The molecule has 0 saturated carbocycles. The predicted octanol–water partition coefficient (Wildman–Crippen LogP) is 4.23. The Morgan fingerprint density at radius 2 is 1.60 bits per heavy atom. The first-order valence-corrected chi connectivity index (χ1v) is 6.85. The summed E-state index contributed by atoms with van der Waals surface area (Å²) < 4.78 is 0. The van der Waals surface area contributed by atoms with Crippen LogP contribution in [0.5, 0.6) is 0 Å². The molecular formula is C14H31N. The summed E-state index contributed by atoms with van der Waals surface area (Å²) in [5, 5.41) is 3.59. The Morgan fingerprint density at radius 3 is 2.07 bits per heavy atom. The van der Waals surface area contributed by atoms with Crippen LogP contribution in [0.4, 0.5) is 0 Å². The average Bonchev–Trinajstić information content (AvgIpc) is 2.20. The van der Waals surface area contributed by atoms with Crippen molar-refractivity contribution in [2.24, 2.45) is 11.8 Å². The Kier molecular flexibility index (Phi) is 9.18. The van der Waals surface area contributed by atoms with E-state index in [4.69, 9.17) is 0 Å². The maximum atomic E-state index is 3.59. The number of unbranched alkanes of at least 4 members (excludes halogenated alkanes) is 1. The highest BCUT2D eigenvalue weighted by Crippen LogP contribution is 2.22. The standard InChI is InChI=1S/C14H31N/c1-6-8-10-13(5)14(9-7-2)11-15-12(3)4/h12-15H,6-11H2,1-5H3. The van der Waals surface area contributed by atoms with Crippen LogP contribution >= 0.6 is 0 Å². The highest BCUT2D eigenvalue weighted by atomic mass is 14.9. The third kappa shape index (κ3) is 7.84. The first-order valence-electron chi connectivity index (χ1n) is 6.85. The molecule has 15 heavy (non-hydrogen) atoms. The first-order chi connectivity index (χ1) is 7.11. The summed E-state index contributed by atoms with van der Waals surface area (Å²) >= 11 is 0. The highest BCUT2D eigenvalue weighted by Gasteiger charge is 2.15. The fraction of sp³-hybridized carbons (Fsp3) is 1.00. The molecule has 0 aromatic carbocycles. The lowest BCUT2D eigenvalue weighted by Crippen LogP contribution is -2.31. The molecule has 0 aliphatic heterocycles. The van der Waals surface area contributed by atoms with Gasteiger partial charge < -0.3 is 5.32 Å². The zero-order valence-electron chi connectivity index (χ0n) is 11.5. The minimum Gasteiger partial charge on any atom is -0.314 e. The van der Waals surface area contributed by atoms with Crippen molar-refractivity contribution in [3.8, 4) is 0 Å². The van der Waals surface area contributed by atoms with Crippen molar-refractivity contribution >= 4 is 0 Å². The lowest BCUT2D eigenvalue weighted by atomic mass is 9.86. The predicted molar refractivity (Wildman–Crippen MR) is 70.2 cm³/mol. The van der Waals surface area contributed by atoms with Crippen LogP contribution in [-0.2, 0) is 0 Å². The minimum atomic E-state index is 0.628. The van der Waals surface area contributed by atoms with Crippen LogP contribution in [0.3, 0.4) is 0 Å². The van der Waals surface area contributed by atoms with E-state index in [-0.39, 0.29) is 0 Å². The number of nitrogens with one attached hydrogen (secondary N) is 1. The smallest absolute Gasteiger partial charge is 0.00104 e. The Morgan fingerprint density at radius 1 is 0.933 bits per heavy atom. The van der Waals surface area contributed by atoms with Crippen molar-refractivity contribution in [3.05, 3.63) is 0 Å². The Hall–Kier alpha value is -0.0400. The van der Waals surface area contributed by atoms with E-state index in [1.807, 2.05) is 0 Å². The maximum absolute atomic E-state index is 3.59. The summed E-state index contributed by atoms with van der Waals surface area (Å²) in [7, 11) is 0. The lowest BCUT2D eigenvalue weighted by Gasteiger charge is -2.25. The molecule has 0 amide bonds. The zero-order chi connectivity index (χ0) is 11.7. The maximum Gasteiger partial charge on any atom is 0.00104 e. The van der Waals surface area contributed by atoms with E-state index >= 15 is 0 Å². The van der Waals surface area contributed by atoms with Gasteiger partial charge in [0.15, 0.2) is 0 Å². The molecular weight excluding hydrogens is 182 g/mol. The Balaban J connectivity index is 3.88. The zero-order valence-corrected chi connectivity index (χ0v) is 11.5. The van der Waals surface area contributed by atoms with Crippen LogP contribution in [0.25, 0.3) is 0 Å². The molecule has 2 atom stereocenters. The van der Waals surface area contributed by atoms with E-state index in [0.29, 0.717) is 6.04 Å². The minimum absolute atomic E-state index is 0.628. The SMILES string of the molecule is CCCCC(C)C(CCC)CNC(C)C. The largest absolute Gasteiger partial charge is 0.314 e. The van der Waals surface area contributed by atoms with Gasteiger partial charge in [0.25, 0.3) is 0 Å². The van der Waals surface area contributed by atoms with Crippen molar-refractivity contribution in [2.75, 3.05) is 6.54 Å². The summed E-state index contributed by atoms with van der Waals surface area (Å²) in [6.45, 7) is 12.7. The van der Waals surface area contributed by atoms with Crippen LogP contribution in [0.15, 0.2) is 0 Å². The van der Waals surface area contributed by atoms with Gasteiger partial charge in [-0.15, -0.1) is 0 Å². The van der Waals surface area contributed by atoms with E-state index in [2.05, 4.69) is 39.9 Å². The van der Waals surface area contributed by atoms with Crippen molar-refractivity contribution in [1.82, 2.24) is 5.32 Å². The van der Waals surface area contributed by atoms with Gasteiger partial charge in [-0.05, 0) is 24.8 Å². The molecule has 0 bridgehead atoms. The number of hydrogen-bond donors (Lipinski definition) is 1. The molecule has 0 spiro atoms. The average molecular weight is 213 g/mol. The van der Waals surface area contributed by atoms with Crippen LogP contribution in [-0.4, -0.2) is 12.6 Å². The molecule has 1 heteroatoms. The molecule has 2 unspecified atom stereocenters. The lowest BCUT2D eigenvalue weighted by molar-refractivity contribution is 0.290. The second-order valence-corrected chi connectivity index (χ2v) is 5.23. The van der Waals surface area contributed by atoms with E-state index in [1.54, 1.807) is 0 Å². The fourth-order valence-electron chi connectivity index (χ4n) is 2.11. The van der Waals surface area contributed by atoms with Crippen LogP contribution in [0.1, 0.15) is 66.7 Å². The van der Waals surface area contributed by atoms with Gasteiger partial charge in [0.2, 0.25) is 0 Å². The van der Waals surface area contributed by atoms with Gasteiger partial charge in [0.05, 0.1) is 0 Å². The molecule has 0 radical (unpaired) electrons. The molecule has 0 rings (SSSR count). The van der Waals surface area contributed by atoms with E-state index in [9.17, 15) is 0 Å². The van der Waals surface area contributed by atoms with Crippen molar-refractivity contribution in [3.63, 3.8) is 0 Å². The molecule has 0 aromatic rings. The number of hydrogen-bond acceptors (Lipinski definition) is 1. The van der Waals surface area contributed by atoms with Crippen molar-refractivity contribution in [1.29, 1.82) is 0 Å². The summed E-state index contributed by atoms with van der Waals surface area (Å²) in [5.74, 6) is 1.76. The van der Waals surface area contributed by atoms with Gasteiger partial charge in [0, 0.05) is 6.04 Å². The highest BCUT2D eigenvalue weighted by molar-refractivity contribution is 4.70. The van der Waals surface area contributed by atoms with Crippen LogP contribution < -0.4 is 5.32 Å². The van der Waals surface area contributed by atoms with E-state index < -0.39 is 0 Å². The molecule has 0 fully saturated rings. The second-order valence-electron chi connectivity index (χ2n) is 5.23. The monoisotopic (exact) mass is 213 g/mol. The second kappa shape index (κ2) is 9.21. The molecule has 92 valence electrons. The van der Waals surface area contributed by atoms with Crippen molar-refractivity contribution in [2.45, 2.75) is 72.8 Å². The van der Waals surface area contributed by atoms with Gasteiger partial charge in [-0.2, -0.15) is 0 Å². The Labute approximate surface area is 97.0 Å². The van der Waals surface area contributed by atoms with E-state index in [0.717, 1.165) is 11.8 Å². The third-order valence-electron chi connectivity index (χ3n) is 3.27. The van der Waals surface area contributed by atoms with E-state index in [1.165, 1.54) is 38.6 Å². The van der Waals surface area contributed by atoms with Gasteiger partial charge >= 0.3 is 0 Å². The van der Waals surface area contributed by atoms with Gasteiger partial charge in [0.1, 0.15) is 0 Å². The number of rotatable bonds is 9. The summed E-state index contributed by atoms with van der Waals surface area (Å²) in [5.41, 5.74) is 0. The topological polar surface area (TPSA) is 12.0 Å². The molecule has 0 saturated heterocycles. The van der Waals surface area contributed by atoms with Crippen molar-refractivity contribution < 1.29 is 0 Å². The summed E-state index contributed by atoms with van der Waals surface area (Å²) in [6.07, 6.45) is 6.83. The van der Waals surface area contributed by atoms with Gasteiger partial charge in [-0.3, -0.25) is 0 Å².